The van der Waals surface area contributed by atoms with Crippen molar-refractivity contribution in [3.8, 4) is 0 Å². The normalized spacial score (nSPS) is 11.1. The van der Waals surface area contributed by atoms with Gasteiger partial charge in [0.25, 0.3) is 5.91 Å². The predicted octanol–water partition coefficient (Wildman–Crippen LogP) is 3.38. The van der Waals surface area contributed by atoms with Gasteiger partial charge in [0.2, 0.25) is 0 Å². The highest BCUT2D eigenvalue weighted by Crippen LogP contribution is 2.19. The van der Waals surface area contributed by atoms with Gasteiger partial charge in [-0.25, -0.2) is 15.0 Å². The fraction of sp³-hybridized carbons (Fsp3) is 0.111. The van der Waals surface area contributed by atoms with Crippen LogP contribution in [0, 0.1) is 13.8 Å². The van der Waals surface area contributed by atoms with E-state index in [-0.39, 0.29) is 5.91 Å². The van der Waals surface area contributed by atoms with E-state index in [1.807, 2.05) is 38.1 Å². The van der Waals surface area contributed by atoms with Gasteiger partial charge in [-0.2, -0.15) is 0 Å². The maximum absolute atomic E-state index is 12.5. The maximum Gasteiger partial charge on any atom is 0.255 e. The molecule has 0 bridgehead atoms. The SMILES string of the molecule is Cc1nc2ccc(NC(=O)c3ccc4nc[nH]c4c3)cc2nc1C. The summed E-state index contributed by atoms with van der Waals surface area (Å²) < 4.78 is 0. The van der Waals surface area contributed by atoms with E-state index in [4.69, 9.17) is 0 Å². The highest BCUT2D eigenvalue weighted by molar-refractivity contribution is 6.06. The smallest absolute Gasteiger partial charge is 0.255 e. The van der Waals surface area contributed by atoms with Crippen LogP contribution in [0.3, 0.4) is 0 Å². The Balaban J connectivity index is 1.65. The quantitative estimate of drug-likeness (QED) is 0.593. The Hall–Kier alpha value is -3.28. The molecule has 4 aromatic rings. The first-order chi connectivity index (χ1) is 11.6. The van der Waals surface area contributed by atoms with Crippen molar-refractivity contribution in [3.63, 3.8) is 0 Å². The van der Waals surface area contributed by atoms with E-state index >= 15 is 0 Å². The van der Waals surface area contributed by atoms with Crippen molar-refractivity contribution in [2.24, 2.45) is 0 Å². The first-order valence-corrected chi connectivity index (χ1v) is 7.60. The molecule has 0 aliphatic rings. The molecular weight excluding hydrogens is 302 g/mol. The van der Waals surface area contributed by atoms with Crippen LogP contribution in [0.25, 0.3) is 22.1 Å². The number of carbonyl (C=O) groups is 1. The topological polar surface area (TPSA) is 83.6 Å². The van der Waals surface area contributed by atoms with Crippen LogP contribution in [0.5, 0.6) is 0 Å². The summed E-state index contributed by atoms with van der Waals surface area (Å²) >= 11 is 0. The molecule has 0 radical (unpaired) electrons. The number of benzene rings is 2. The zero-order chi connectivity index (χ0) is 16.7. The van der Waals surface area contributed by atoms with E-state index < -0.39 is 0 Å². The second kappa shape index (κ2) is 5.42. The molecule has 1 amide bonds. The van der Waals surface area contributed by atoms with Gasteiger partial charge in [-0.1, -0.05) is 0 Å². The van der Waals surface area contributed by atoms with Crippen molar-refractivity contribution in [1.29, 1.82) is 0 Å². The minimum atomic E-state index is -0.178. The lowest BCUT2D eigenvalue weighted by atomic mass is 10.1. The van der Waals surface area contributed by atoms with Gasteiger partial charge in [0.1, 0.15) is 0 Å². The molecule has 118 valence electrons. The van der Waals surface area contributed by atoms with Crippen LogP contribution in [-0.2, 0) is 0 Å². The molecule has 6 nitrogen and oxygen atoms in total. The number of H-pyrrole nitrogens is 1. The van der Waals surface area contributed by atoms with Gasteiger partial charge in [0, 0.05) is 11.3 Å². The fourth-order valence-electron chi connectivity index (χ4n) is 2.59. The largest absolute Gasteiger partial charge is 0.345 e. The molecule has 24 heavy (non-hydrogen) atoms. The van der Waals surface area contributed by atoms with E-state index in [0.29, 0.717) is 11.3 Å². The number of carbonyl (C=O) groups excluding carboxylic acids is 1. The number of hydrogen-bond acceptors (Lipinski definition) is 4. The van der Waals surface area contributed by atoms with Crippen molar-refractivity contribution in [3.05, 3.63) is 59.7 Å². The van der Waals surface area contributed by atoms with Gasteiger partial charge in [-0.15, -0.1) is 0 Å². The van der Waals surface area contributed by atoms with Crippen molar-refractivity contribution in [2.45, 2.75) is 13.8 Å². The number of anilines is 1. The Morgan fingerprint density at radius 2 is 1.71 bits per heavy atom. The maximum atomic E-state index is 12.5. The summed E-state index contributed by atoms with van der Waals surface area (Å²) in [6, 6.07) is 10.9. The molecular formula is C18H15N5O. The van der Waals surface area contributed by atoms with Crippen molar-refractivity contribution in [2.75, 3.05) is 5.32 Å². The number of amides is 1. The molecule has 0 saturated carbocycles. The van der Waals surface area contributed by atoms with Crippen molar-refractivity contribution in [1.82, 2.24) is 19.9 Å². The summed E-state index contributed by atoms with van der Waals surface area (Å²) in [4.78, 5) is 28.6. The van der Waals surface area contributed by atoms with Crippen LogP contribution in [0.2, 0.25) is 0 Å². The molecule has 4 rings (SSSR count). The van der Waals surface area contributed by atoms with Crippen LogP contribution >= 0.6 is 0 Å². The molecule has 6 heteroatoms. The Morgan fingerprint density at radius 1 is 0.958 bits per heavy atom. The van der Waals surface area contributed by atoms with Gasteiger partial charge >= 0.3 is 0 Å². The molecule has 2 heterocycles. The number of imidazole rings is 1. The van der Waals surface area contributed by atoms with Crippen LogP contribution in [0.4, 0.5) is 5.69 Å². The summed E-state index contributed by atoms with van der Waals surface area (Å²) in [5.41, 5.74) is 6.29. The van der Waals surface area contributed by atoms with Gasteiger partial charge in [0.15, 0.2) is 0 Å². The van der Waals surface area contributed by atoms with E-state index in [9.17, 15) is 4.79 Å². The average Bonchev–Trinajstić information content (AvgIpc) is 3.03. The lowest BCUT2D eigenvalue weighted by Gasteiger charge is -2.07. The lowest BCUT2D eigenvalue weighted by Crippen LogP contribution is -2.11. The van der Waals surface area contributed by atoms with E-state index in [1.165, 1.54) is 0 Å². The molecule has 0 unspecified atom stereocenters. The number of hydrogen-bond donors (Lipinski definition) is 2. The average molecular weight is 317 g/mol. The minimum absolute atomic E-state index is 0.178. The second-order valence-electron chi connectivity index (χ2n) is 5.69. The fourth-order valence-corrected chi connectivity index (χ4v) is 2.59. The Bertz CT molecular complexity index is 1080. The summed E-state index contributed by atoms with van der Waals surface area (Å²) in [5.74, 6) is -0.178. The summed E-state index contributed by atoms with van der Waals surface area (Å²) in [6.45, 7) is 3.86. The Morgan fingerprint density at radius 3 is 2.54 bits per heavy atom. The number of nitrogens with one attached hydrogen (secondary N) is 2. The minimum Gasteiger partial charge on any atom is -0.345 e. The van der Waals surface area contributed by atoms with E-state index in [2.05, 4.69) is 25.3 Å². The standard InChI is InChI=1S/C18H15N5O/c1-10-11(2)22-17-8-13(4-6-15(17)21-10)23-18(24)12-3-5-14-16(7-12)20-9-19-14/h3-9H,1-2H3,(H,19,20)(H,23,24). The van der Waals surface area contributed by atoms with Crippen molar-refractivity contribution >= 4 is 33.7 Å². The molecule has 0 atom stereocenters. The monoisotopic (exact) mass is 317 g/mol. The molecule has 0 fully saturated rings. The van der Waals surface area contributed by atoms with E-state index in [1.54, 1.807) is 18.5 Å². The molecule has 0 aliphatic carbocycles. The third-order valence-electron chi connectivity index (χ3n) is 4.02. The highest BCUT2D eigenvalue weighted by atomic mass is 16.1. The van der Waals surface area contributed by atoms with Gasteiger partial charge in [-0.3, -0.25) is 4.79 Å². The predicted molar refractivity (Wildman–Crippen MR) is 93.1 cm³/mol. The number of rotatable bonds is 2. The molecule has 0 aliphatic heterocycles. The van der Waals surface area contributed by atoms with Crippen LogP contribution in [-0.4, -0.2) is 25.8 Å². The molecule has 2 aromatic carbocycles. The lowest BCUT2D eigenvalue weighted by molar-refractivity contribution is 0.102. The Labute approximate surface area is 138 Å². The highest BCUT2D eigenvalue weighted by Gasteiger charge is 2.09. The number of nitrogens with zero attached hydrogens (tertiary/aromatic N) is 3. The van der Waals surface area contributed by atoms with Gasteiger partial charge in [0.05, 0.1) is 39.8 Å². The van der Waals surface area contributed by atoms with Crippen LogP contribution in [0.1, 0.15) is 21.7 Å². The zero-order valence-corrected chi connectivity index (χ0v) is 13.3. The number of aromatic amines is 1. The van der Waals surface area contributed by atoms with E-state index in [0.717, 1.165) is 33.5 Å². The van der Waals surface area contributed by atoms with Gasteiger partial charge < -0.3 is 10.3 Å². The molecule has 2 aromatic heterocycles. The number of aryl methyl sites for hydroxylation is 2. The second-order valence-corrected chi connectivity index (χ2v) is 5.69. The number of aromatic nitrogens is 4. The molecule has 0 spiro atoms. The number of fused-ring (bicyclic) bond motifs is 2. The molecule has 0 saturated heterocycles. The first kappa shape index (κ1) is 14.3. The summed E-state index contributed by atoms with van der Waals surface area (Å²) in [5, 5.41) is 2.90. The summed E-state index contributed by atoms with van der Waals surface area (Å²) in [7, 11) is 0. The Kier molecular flexibility index (Phi) is 3.23. The first-order valence-electron chi connectivity index (χ1n) is 7.60. The zero-order valence-electron chi connectivity index (χ0n) is 13.3. The van der Waals surface area contributed by atoms with Crippen molar-refractivity contribution < 1.29 is 4.79 Å². The third kappa shape index (κ3) is 2.48. The van der Waals surface area contributed by atoms with Gasteiger partial charge in [-0.05, 0) is 50.2 Å². The van der Waals surface area contributed by atoms with Crippen LogP contribution in [0.15, 0.2) is 42.7 Å². The van der Waals surface area contributed by atoms with Crippen LogP contribution < -0.4 is 5.32 Å². The molecule has 2 N–H and O–H groups in total. The summed E-state index contributed by atoms with van der Waals surface area (Å²) in [6.07, 6.45) is 1.61. The third-order valence-corrected chi connectivity index (χ3v) is 4.02.